The van der Waals surface area contributed by atoms with Gasteiger partial charge in [0, 0.05) is 6.07 Å². The first-order valence-electron chi connectivity index (χ1n) is 5.49. The molecule has 0 aliphatic heterocycles. The average molecular weight is 277 g/mol. The Balaban J connectivity index is 2.21. The van der Waals surface area contributed by atoms with Gasteiger partial charge in [0.2, 0.25) is 0 Å². The second-order valence-corrected chi connectivity index (χ2v) is 3.78. The molecule has 0 spiro atoms. The summed E-state index contributed by atoms with van der Waals surface area (Å²) in [5.41, 5.74) is -0.167. The number of carboxylic acid groups (broad SMARTS) is 1. The highest BCUT2D eigenvalue weighted by Crippen LogP contribution is 2.29. The SMILES string of the molecule is COc1cccc(C(=O)Nc2cc(C(=O)O)[nH]n2)c1O. The van der Waals surface area contributed by atoms with Crippen molar-refractivity contribution in [3.8, 4) is 11.5 Å². The van der Waals surface area contributed by atoms with Crippen molar-refractivity contribution in [2.45, 2.75) is 0 Å². The fourth-order valence-electron chi connectivity index (χ4n) is 1.55. The highest BCUT2D eigenvalue weighted by molar-refractivity contribution is 6.06. The number of anilines is 1. The van der Waals surface area contributed by atoms with Gasteiger partial charge in [-0.2, -0.15) is 5.10 Å². The molecule has 0 radical (unpaired) electrons. The third-order valence-corrected chi connectivity index (χ3v) is 2.51. The Morgan fingerprint density at radius 2 is 2.15 bits per heavy atom. The molecule has 8 nitrogen and oxygen atoms in total. The number of rotatable bonds is 4. The number of nitrogens with zero attached hydrogens (tertiary/aromatic N) is 1. The van der Waals surface area contributed by atoms with E-state index in [-0.39, 0.29) is 28.6 Å². The molecule has 4 N–H and O–H groups in total. The number of phenols is 1. The molecule has 2 aromatic rings. The van der Waals surface area contributed by atoms with Crippen molar-refractivity contribution in [2.75, 3.05) is 12.4 Å². The summed E-state index contributed by atoms with van der Waals surface area (Å²) in [4.78, 5) is 22.6. The Hall–Kier alpha value is -3.03. The fraction of sp³-hybridized carbons (Fsp3) is 0.0833. The molecule has 0 saturated carbocycles. The molecule has 0 bridgehead atoms. The molecule has 104 valence electrons. The summed E-state index contributed by atoms with van der Waals surface area (Å²) in [6.07, 6.45) is 0. The Bertz CT molecular complexity index is 665. The van der Waals surface area contributed by atoms with Gasteiger partial charge in [-0.1, -0.05) is 6.07 Å². The van der Waals surface area contributed by atoms with Gasteiger partial charge in [0.25, 0.3) is 5.91 Å². The number of aromatic carboxylic acids is 1. The van der Waals surface area contributed by atoms with E-state index < -0.39 is 11.9 Å². The number of amides is 1. The van der Waals surface area contributed by atoms with Gasteiger partial charge in [-0.05, 0) is 12.1 Å². The first kappa shape index (κ1) is 13.4. The molecule has 0 atom stereocenters. The molecule has 20 heavy (non-hydrogen) atoms. The molecule has 1 heterocycles. The molecular weight excluding hydrogens is 266 g/mol. The zero-order valence-electron chi connectivity index (χ0n) is 10.4. The van der Waals surface area contributed by atoms with E-state index in [1.54, 1.807) is 6.07 Å². The normalized spacial score (nSPS) is 10.1. The largest absolute Gasteiger partial charge is 0.504 e. The number of ether oxygens (including phenoxy) is 1. The molecule has 0 fully saturated rings. The lowest BCUT2D eigenvalue weighted by molar-refractivity contribution is 0.0690. The van der Waals surface area contributed by atoms with Gasteiger partial charge < -0.3 is 20.3 Å². The number of benzene rings is 1. The van der Waals surface area contributed by atoms with Crippen LogP contribution >= 0.6 is 0 Å². The second-order valence-electron chi connectivity index (χ2n) is 3.78. The van der Waals surface area contributed by atoms with Gasteiger partial charge in [0.05, 0.1) is 12.7 Å². The maximum atomic E-state index is 12.0. The first-order valence-corrected chi connectivity index (χ1v) is 5.49. The number of nitrogens with one attached hydrogen (secondary N) is 2. The van der Waals surface area contributed by atoms with E-state index in [0.29, 0.717) is 0 Å². The van der Waals surface area contributed by atoms with Gasteiger partial charge in [-0.25, -0.2) is 4.79 Å². The number of aromatic nitrogens is 2. The number of hydrogen-bond donors (Lipinski definition) is 4. The highest BCUT2D eigenvalue weighted by atomic mass is 16.5. The monoisotopic (exact) mass is 277 g/mol. The van der Waals surface area contributed by atoms with Crippen molar-refractivity contribution >= 4 is 17.7 Å². The van der Waals surface area contributed by atoms with Gasteiger partial charge in [-0.15, -0.1) is 0 Å². The minimum absolute atomic E-state index is 0.00998. The molecule has 1 aromatic heterocycles. The van der Waals surface area contributed by atoms with Crippen molar-refractivity contribution in [2.24, 2.45) is 0 Å². The fourth-order valence-corrected chi connectivity index (χ4v) is 1.55. The third kappa shape index (κ3) is 2.53. The van der Waals surface area contributed by atoms with Gasteiger partial charge in [0.15, 0.2) is 17.3 Å². The quantitative estimate of drug-likeness (QED) is 0.662. The van der Waals surface area contributed by atoms with Crippen LogP contribution in [0.2, 0.25) is 0 Å². The number of para-hydroxylation sites is 1. The topological polar surface area (TPSA) is 125 Å². The standard InChI is InChI=1S/C12H11N3O5/c1-20-8-4-2-3-6(10(8)16)11(17)13-9-5-7(12(18)19)14-15-9/h2-5,16H,1H3,(H,18,19)(H2,13,14,15,17). The molecular formula is C12H11N3O5. The van der Waals surface area contributed by atoms with Crippen molar-refractivity contribution in [3.63, 3.8) is 0 Å². The number of aromatic hydroxyl groups is 1. The predicted octanol–water partition coefficient (Wildman–Crippen LogP) is 1.07. The summed E-state index contributed by atoms with van der Waals surface area (Å²) < 4.78 is 4.89. The maximum absolute atomic E-state index is 12.0. The van der Waals surface area contributed by atoms with Crippen LogP contribution in [0.3, 0.4) is 0 Å². The van der Waals surface area contributed by atoms with Crippen LogP contribution in [0.5, 0.6) is 11.5 Å². The summed E-state index contributed by atoms with van der Waals surface area (Å²) in [5, 5.41) is 26.8. The van der Waals surface area contributed by atoms with Crippen LogP contribution in [0.4, 0.5) is 5.82 Å². The maximum Gasteiger partial charge on any atom is 0.353 e. The molecule has 0 saturated heterocycles. The first-order chi connectivity index (χ1) is 9.52. The summed E-state index contributed by atoms with van der Waals surface area (Å²) in [6, 6.07) is 5.61. The molecule has 0 aliphatic carbocycles. The van der Waals surface area contributed by atoms with Crippen molar-refractivity contribution in [1.82, 2.24) is 10.2 Å². The van der Waals surface area contributed by atoms with E-state index in [1.165, 1.54) is 19.2 Å². The number of carboxylic acids is 1. The zero-order valence-corrected chi connectivity index (χ0v) is 10.4. The van der Waals surface area contributed by atoms with Crippen LogP contribution in [0, 0.1) is 0 Å². The number of H-pyrrole nitrogens is 1. The van der Waals surface area contributed by atoms with E-state index >= 15 is 0 Å². The summed E-state index contributed by atoms with van der Waals surface area (Å²) in [6.45, 7) is 0. The number of carbonyl (C=O) groups is 2. The summed E-state index contributed by atoms with van der Waals surface area (Å²) in [7, 11) is 1.36. The molecule has 0 aliphatic rings. The minimum Gasteiger partial charge on any atom is -0.504 e. The van der Waals surface area contributed by atoms with E-state index in [9.17, 15) is 14.7 Å². The lowest BCUT2D eigenvalue weighted by Crippen LogP contribution is -2.12. The van der Waals surface area contributed by atoms with E-state index in [0.717, 1.165) is 6.07 Å². The molecule has 2 rings (SSSR count). The van der Waals surface area contributed by atoms with Crippen LogP contribution in [0.15, 0.2) is 24.3 Å². The minimum atomic E-state index is -1.19. The van der Waals surface area contributed by atoms with Crippen LogP contribution in [-0.2, 0) is 0 Å². The number of carbonyl (C=O) groups excluding carboxylic acids is 1. The third-order valence-electron chi connectivity index (χ3n) is 2.51. The molecule has 0 unspecified atom stereocenters. The van der Waals surface area contributed by atoms with Crippen molar-refractivity contribution in [1.29, 1.82) is 0 Å². The summed E-state index contributed by atoms with van der Waals surface area (Å²) >= 11 is 0. The van der Waals surface area contributed by atoms with Crippen LogP contribution in [-0.4, -0.2) is 39.4 Å². The lowest BCUT2D eigenvalue weighted by Gasteiger charge is -2.07. The van der Waals surface area contributed by atoms with E-state index in [1.807, 2.05) is 0 Å². The van der Waals surface area contributed by atoms with Crippen LogP contribution < -0.4 is 10.1 Å². The smallest absolute Gasteiger partial charge is 0.353 e. The Morgan fingerprint density at radius 3 is 2.75 bits per heavy atom. The molecule has 1 amide bonds. The zero-order chi connectivity index (χ0) is 14.7. The number of hydrogen-bond acceptors (Lipinski definition) is 5. The van der Waals surface area contributed by atoms with Crippen LogP contribution in [0.1, 0.15) is 20.8 Å². The van der Waals surface area contributed by atoms with E-state index in [4.69, 9.17) is 9.84 Å². The lowest BCUT2D eigenvalue weighted by atomic mass is 10.1. The predicted molar refractivity (Wildman–Crippen MR) is 68.2 cm³/mol. The van der Waals surface area contributed by atoms with Gasteiger partial charge in [0.1, 0.15) is 5.69 Å². The Kier molecular flexibility index (Phi) is 3.56. The Morgan fingerprint density at radius 1 is 1.40 bits per heavy atom. The highest BCUT2D eigenvalue weighted by Gasteiger charge is 2.16. The number of aromatic amines is 1. The van der Waals surface area contributed by atoms with Crippen LogP contribution in [0.25, 0.3) is 0 Å². The van der Waals surface area contributed by atoms with Gasteiger partial charge in [-0.3, -0.25) is 9.89 Å². The second kappa shape index (κ2) is 5.31. The molecule has 8 heteroatoms. The van der Waals surface area contributed by atoms with Crippen molar-refractivity contribution in [3.05, 3.63) is 35.5 Å². The molecule has 1 aromatic carbocycles. The van der Waals surface area contributed by atoms with Crippen molar-refractivity contribution < 1.29 is 24.5 Å². The average Bonchev–Trinajstić information content (AvgIpc) is 2.87. The summed E-state index contributed by atoms with van der Waals surface area (Å²) in [5.74, 6) is -1.94. The van der Waals surface area contributed by atoms with Gasteiger partial charge >= 0.3 is 5.97 Å². The van der Waals surface area contributed by atoms with E-state index in [2.05, 4.69) is 15.5 Å². The number of phenolic OH excluding ortho intramolecular Hbond substituents is 1. The number of methoxy groups -OCH3 is 1. The Labute approximate surface area is 113 Å².